The van der Waals surface area contributed by atoms with E-state index in [0.717, 1.165) is 36.9 Å². The fourth-order valence-electron chi connectivity index (χ4n) is 5.26. The van der Waals surface area contributed by atoms with E-state index in [0.29, 0.717) is 0 Å². The Morgan fingerprint density at radius 2 is 1.60 bits per heavy atom. The second-order valence-electron chi connectivity index (χ2n) is 8.88. The number of carbonyl (C=O) groups excluding carboxylic acids is 2. The van der Waals surface area contributed by atoms with Gasteiger partial charge in [0.1, 0.15) is 11.6 Å². The first-order valence-corrected chi connectivity index (χ1v) is 9.54. The van der Waals surface area contributed by atoms with Crippen molar-refractivity contribution in [1.29, 1.82) is 0 Å². The number of nitrogens with zero attached hydrogens (tertiary/aromatic N) is 2. The second kappa shape index (κ2) is 5.33. The van der Waals surface area contributed by atoms with Crippen LogP contribution in [-0.4, -0.2) is 34.3 Å². The largest absolute Gasteiger partial charge is 0.324 e. The van der Waals surface area contributed by atoms with Crippen LogP contribution in [0.25, 0.3) is 0 Å². The molecule has 25 heavy (non-hydrogen) atoms. The number of fused-ring (bicyclic) bond motifs is 3. The van der Waals surface area contributed by atoms with E-state index in [-0.39, 0.29) is 23.3 Å². The van der Waals surface area contributed by atoms with E-state index in [1.807, 2.05) is 36.9 Å². The van der Waals surface area contributed by atoms with Gasteiger partial charge in [-0.3, -0.25) is 14.5 Å². The topological polar surface area (TPSA) is 40.6 Å². The Bertz CT molecular complexity index is 731. The van der Waals surface area contributed by atoms with E-state index in [2.05, 4.69) is 19.9 Å². The number of hydrogen-bond donors (Lipinski definition) is 0. The molecule has 0 N–H and O–H groups in total. The number of rotatable bonds is 1. The first-order chi connectivity index (χ1) is 11.8. The molecule has 3 aliphatic rings. The van der Waals surface area contributed by atoms with E-state index in [9.17, 15) is 9.59 Å². The van der Waals surface area contributed by atoms with Crippen molar-refractivity contribution in [2.24, 2.45) is 0 Å². The summed E-state index contributed by atoms with van der Waals surface area (Å²) < 4.78 is 0. The zero-order valence-corrected chi connectivity index (χ0v) is 15.7. The minimum atomic E-state index is -0.789. The molecule has 1 saturated heterocycles. The Balaban J connectivity index is 1.83. The predicted octanol–water partition coefficient (Wildman–Crippen LogP) is 3.63. The number of carbonyl (C=O) groups is 2. The maximum absolute atomic E-state index is 13.7. The van der Waals surface area contributed by atoms with Crippen molar-refractivity contribution in [3.63, 3.8) is 0 Å². The summed E-state index contributed by atoms with van der Waals surface area (Å²) >= 11 is 0. The van der Waals surface area contributed by atoms with E-state index in [1.54, 1.807) is 4.90 Å². The maximum atomic E-state index is 13.7. The summed E-state index contributed by atoms with van der Waals surface area (Å²) in [5.41, 5.74) is 0.853. The first-order valence-electron chi connectivity index (χ1n) is 9.54. The third-order valence-corrected chi connectivity index (χ3v) is 6.56. The van der Waals surface area contributed by atoms with Crippen LogP contribution in [0.1, 0.15) is 65.4 Å². The molecule has 0 aromatic heterocycles. The van der Waals surface area contributed by atoms with Crippen LogP contribution in [0.2, 0.25) is 0 Å². The average Bonchev–Trinajstić information content (AvgIpc) is 2.82. The number of benzene rings is 1. The van der Waals surface area contributed by atoms with Crippen molar-refractivity contribution in [2.45, 2.75) is 82.8 Å². The van der Waals surface area contributed by atoms with Crippen molar-refractivity contribution in [2.75, 3.05) is 4.90 Å². The van der Waals surface area contributed by atoms with Crippen molar-refractivity contribution >= 4 is 17.5 Å². The molecule has 0 spiro atoms. The van der Waals surface area contributed by atoms with Crippen LogP contribution >= 0.6 is 0 Å². The summed E-state index contributed by atoms with van der Waals surface area (Å²) in [5, 5.41) is 0. The molecule has 2 heterocycles. The van der Waals surface area contributed by atoms with Crippen LogP contribution in [-0.2, 0) is 15.0 Å². The zero-order chi connectivity index (χ0) is 18.0. The lowest BCUT2D eigenvalue weighted by Gasteiger charge is -2.53. The molecule has 0 radical (unpaired) electrons. The van der Waals surface area contributed by atoms with Crippen molar-refractivity contribution in [3.05, 3.63) is 29.8 Å². The minimum absolute atomic E-state index is 0.0562. The standard InChI is InChI=1S/C21H28N2O2/c1-20(2)15-12-8-9-13-16(15)22-17(20)18(24)23(21(3,4)19(22)25)14-10-6-5-7-11-14/h8-9,12-14,17H,5-7,10-11H2,1-4H3. The Hall–Kier alpha value is -1.84. The van der Waals surface area contributed by atoms with Gasteiger partial charge in [0.2, 0.25) is 5.91 Å². The van der Waals surface area contributed by atoms with Crippen LogP contribution < -0.4 is 4.90 Å². The number of amides is 2. The fraction of sp³-hybridized carbons (Fsp3) is 0.619. The first kappa shape index (κ1) is 16.6. The van der Waals surface area contributed by atoms with Crippen LogP contribution in [0.5, 0.6) is 0 Å². The van der Waals surface area contributed by atoms with Crippen molar-refractivity contribution in [3.8, 4) is 0 Å². The molecular weight excluding hydrogens is 312 g/mol. The molecule has 1 aliphatic carbocycles. The van der Waals surface area contributed by atoms with Crippen LogP contribution in [0, 0.1) is 0 Å². The highest BCUT2D eigenvalue weighted by atomic mass is 16.2. The molecule has 4 rings (SSSR count). The van der Waals surface area contributed by atoms with Gasteiger partial charge in [-0.25, -0.2) is 0 Å². The molecule has 1 atom stereocenters. The molecule has 1 aromatic rings. The van der Waals surface area contributed by atoms with Gasteiger partial charge in [-0.1, -0.05) is 51.3 Å². The van der Waals surface area contributed by atoms with Crippen LogP contribution in [0.4, 0.5) is 5.69 Å². The van der Waals surface area contributed by atoms with E-state index >= 15 is 0 Å². The lowest BCUT2D eigenvalue weighted by atomic mass is 9.77. The summed E-state index contributed by atoms with van der Waals surface area (Å²) in [6.45, 7) is 8.04. The third kappa shape index (κ3) is 2.12. The summed E-state index contributed by atoms with van der Waals surface area (Å²) in [7, 11) is 0. The van der Waals surface area contributed by atoms with Gasteiger partial charge in [0, 0.05) is 17.1 Å². The smallest absolute Gasteiger partial charge is 0.253 e. The molecule has 4 nitrogen and oxygen atoms in total. The van der Waals surface area contributed by atoms with Crippen LogP contribution in [0.3, 0.4) is 0 Å². The molecule has 134 valence electrons. The van der Waals surface area contributed by atoms with Crippen molar-refractivity contribution in [1.82, 2.24) is 4.90 Å². The molecule has 1 saturated carbocycles. The van der Waals surface area contributed by atoms with Gasteiger partial charge in [0.15, 0.2) is 0 Å². The average molecular weight is 340 g/mol. The summed E-state index contributed by atoms with van der Waals surface area (Å²) in [6.07, 6.45) is 5.57. The molecule has 1 aromatic carbocycles. The number of anilines is 1. The SMILES string of the molecule is CC1(C)c2ccccc2N2C(=O)C(C)(C)N(C3CCCCC3)C(=O)C21. The molecule has 2 amide bonds. The Labute approximate surface area is 150 Å². The lowest BCUT2D eigenvalue weighted by Crippen LogP contribution is -2.73. The minimum Gasteiger partial charge on any atom is -0.324 e. The number of hydrogen-bond acceptors (Lipinski definition) is 2. The molecule has 2 aliphatic heterocycles. The molecule has 2 fully saturated rings. The van der Waals surface area contributed by atoms with Gasteiger partial charge in [-0.15, -0.1) is 0 Å². The van der Waals surface area contributed by atoms with Crippen LogP contribution in [0.15, 0.2) is 24.3 Å². The number of para-hydroxylation sites is 1. The monoisotopic (exact) mass is 340 g/mol. The summed E-state index contributed by atoms with van der Waals surface area (Å²) in [4.78, 5) is 30.9. The molecule has 4 heteroatoms. The van der Waals surface area contributed by atoms with Gasteiger partial charge < -0.3 is 4.90 Å². The molecule has 0 bridgehead atoms. The van der Waals surface area contributed by atoms with Gasteiger partial charge in [-0.2, -0.15) is 0 Å². The van der Waals surface area contributed by atoms with E-state index in [4.69, 9.17) is 0 Å². The maximum Gasteiger partial charge on any atom is 0.253 e. The van der Waals surface area contributed by atoms with Gasteiger partial charge in [0.25, 0.3) is 5.91 Å². The second-order valence-corrected chi connectivity index (χ2v) is 8.88. The van der Waals surface area contributed by atoms with Gasteiger partial charge in [0.05, 0.1) is 0 Å². The molecular formula is C21H28N2O2. The fourth-order valence-corrected chi connectivity index (χ4v) is 5.26. The highest BCUT2D eigenvalue weighted by Gasteiger charge is 2.61. The van der Waals surface area contributed by atoms with Gasteiger partial charge in [-0.05, 0) is 38.3 Å². The highest BCUT2D eigenvalue weighted by molar-refractivity contribution is 6.13. The Morgan fingerprint density at radius 1 is 0.960 bits per heavy atom. The highest BCUT2D eigenvalue weighted by Crippen LogP contribution is 2.50. The summed E-state index contributed by atoms with van der Waals surface area (Å²) in [6, 6.07) is 7.77. The third-order valence-electron chi connectivity index (χ3n) is 6.56. The zero-order valence-electron chi connectivity index (χ0n) is 15.7. The Kier molecular flexibility index (Phi) is 3.54. The Morgan fingerprint density at radius 3 is 2.28 bits per heavy atom. The predicted molar refractivity (Wildman–Crippen MR) is 98.5 cm³/mol. The normalized spacial score (nSPS) is 28.1. The van der Waals surface area contributed by atoms with Crippen molar-refractivity contribution < 1.29 is 9.59 Å². The number of piperazine rings is 1. The molecule has 1 unspecified atom stereocenters. The van der Waals surface area contributed by atoms with E-state index in [1.165, 1.54) is 6.42 Å². The van der Waals surface area contributed by atoms with Gasteiger partial charge >= 0.3 is 0 Å². The van der Waals surface area contributed by atoms with E-state index < -0.39 is 11.6 Å². The summed E-state index contributed by atoms with van der Waals surface area (Å²) in [5.74, 6) is 0.179. The quantitative estimate of drug-likeness (QED) is 0.783. The lowest BCUT2D eigenvalue weighted by molar-refractivity contribution is -0.157.